The monoisotopic (exact) mass is 537 g/mol. The van der Waals surface area contributed by atoms with Gasteiger partial charge in [-0.05, 0) is 43.0 Å². The van der Waals surface area contributed by atoms with Gasteiger partial charge in [0.05, 0.1) is 13.2 Å². The molecule has 0 bridgehead atoms. The Kier molecular flexibility index (Phi) is 11.7. The first-order chi connectivity index (χ1) is 14.8. The maximum absolute atomic E-state index is 9.79. The number of nitrogens with zero attached hydrogens (tertiary/aromatic N) is 3. The van der Waals surface area contributed by atoms with Gasteiger partial charge in [0, 0.05) is 38.3 Å². The summed E-state index contributed by atoms with van der Waals surface area (Å²) >= 11 is 0. The van der Waals surface area contributed by atoms with E-state index in [4.69, 9.17) is 4.99 Å². The molecule has 0 amide bonds. The van der Waals surface area contributed by atoms with Crippen LogP contribution in [0.3, 0.4) is 0 Å². The zero-order chi connectivity index (χ0) is 21.0. The van der Waals surface area contributed by atoms with Crippen LogP contribution in [-0.4, -0.2) is 48.8 Å². The van der Waals surface area contributed by atoms with E-state index >= 15 is 0 Å². The van der Waals surface area contributed by atoms with Crippen molar-refractivity contribution in [2.24, 2.45) is 4.99 Å². The fourth-order valence-electron chi connectivity index (χ4n) is 3.78. The minimum atomic E-state index is 0. The van der Waals surface area contributed by atoms with Crippen LogP contribution in [0.1, 0.15) is 49.7 Å². The van der Waals surface area contributed by atoms with Gasteiger partial charge in [-0.3, -0.25) is 0 Å². The van der Waals surface area contributed by atoms with Gasteiger partial charge < -0.3 is 20.6 Å². The third kappa shape index (κ3) is 8.29. The lowest BCUT2D eigenvalue weighted by atomic mass is 10.0. The summed E-state index contributed by atoms with van der Waals surface area (Å²) in [5.74, 6) is 1.86. The van der Waals surface area contributed by atoms with Gasteiger partial charge in [-0.15, -0.1) is 24.0 Å². The Morgan fingerprint density at radius 3 is 2.52 bits per heavy atom. The second-order valence-electron chi connectivity index (χ2n) is 7.79. The molecule has 2 aromatic rings. The number of guanidine groups is 1. The number of nitrogens with one attached hydrogen (secondary N) is 2. The quantitative estimate of drug-likeness (QED) is 0.271. The second-order valence-corrected chi connectivity index (χ2v) is 7.79. The highest BCUT2D eigenvalue weighted by Gasteiger charge is 2.12. The summed E-state index contributed by atoms with van der Waals surface area (Å²) in [5.41, 5.74) is 2.28. The maximum atomic E-state index is 9.79. The van der Waals surface area contributed by atoms with E-state index in [-0.39, 0.29) is 36.5 Å². The first-order valence-electron chi connectivity index (χ1n) is 11.2. The summed E-state index contributed by atoms with van der Waals surface area (Å²) < 4.78 is 0. The van der Waals surface area contributed by atoms with Crippen LogP contribution in [0.4, 0.5) is 5.82 Å². The molecule has 1 aliphatic rings. The number of benzene rings is 1. The van der Waals surface area contributed by atoms with E-state index in [1.807, 2.05) is 42.6 Å². The number of pyridine rings is 1. The fourth-order valence-corrected chi connectivity index (χ4v) is 3.78. The Balaban J connectivity index is 0.00000341. The molecule has 1 atom stereocenters. The molecular weight excluding hydrogens is 501 g/mol. The van der Waals surface area contributed by atoms with Gasteiger partial charge in [-0.1, -0.05) is 43.2 Å². The maximum Gasteiger partial charge on any atom is 0.191 e. The van der Waals surface area contributed by atoms with E-state index in [9.17, 15) is 5.11 Å². The number of aliphatic imine (C=N–C) groups is 1. The van der Waals surface area contributed by atoms with Crippen molar-refractivity contribution in [3.63, 3.8) is 0 Å². The van der Waals surface area contributed by atoms with Crippen molar-refractivity contribution in [1.82, 2.24) is 15.6 Å². The molecule has 0 radical (unpaired) electrons. The molecule has 1 fully saturated rings. The lowest BCUT2D eigenvalue weighted by Gasteiger charge is -2.21. The first kappa shape index (κ1) is 25.4. The number of aliphatic hydroxyl groups is 1. The van der Waals surface area contributed by atoms with Crippen molar-refractivity contribution in [2.45, 2.75) is 45.1 Å². The van der Waals surface area contributed by atoms with Crippen LogP contribution in [0.15, 0.2) is 53.7 Å². The molecule has 1 aromatic carbocycles. The summed E-state index contributed by atoms with van der Waals surface area (Å²) in [4.78, 5) is 11.7. The highest BCUT2D eigenvalue weighted by Crippen LogP contribution is 2.18. The van der Waals surface area contributed by atoms with E-state index in [0.717, 1.165) is 42.5 Å². The van der Waals surface area contributed by atoms with Crippen LogP contribution in [-0.2, 0) is 6.54 Å². The van der Waals surface area contributed by atoms with Crippen molar-refractivity contribution in [2.75, 3.05) is 37.7 Å². The van der Waals surface area contributed by atoms with Crippen LogP contribution in [0.5, 0.6) is 0 Å². The summed E-state index contributed by atoms with van der Waals surface area (Å²) in [7, 11) is 0. The minimum absolute atomic E-state index is 0. The first-order valence-corrected chi connectivity index (χ1v) is 11.2. The van der Waals surface area contributed by atoms with Crippen LogP contribution < -0.4 is 15.5 Å². The van der Waals surface area contributed by atoms with E-state index < -0.39 is 0 Å². The van der Waals surface area contributed by atoms with E-state index in [1.54, 1.807) is 0 Å². The van der Waals surface area contributed by atoms with Gasteiger partial charge >= 0.3 is 0 Å². The van der Waals surface area contributed by atoms with Crippen molar-refractivity contribution in [3.05, 3.63) is 59.8 Å². The molecule has 6 nitrogen and oxygen atoms in total. The van der Waals surface area contributed by atoms with Crippen molar-refractivity contribution < 1.29 is 5.11 Å². The normalized spacial score (nSPS) is 15.5. The van der Waals surface area contributed by atoms with Crippen LogP contribution >= 0.6 is 24.0 Å². The zero-order valence-electron chi connectivity index (χ0n) is 18.5. The number of anilines is 1. The topological polar surface area (TPSA) is 72.8 Å². The minimum Gasteiger partial charge on any atom is -0.396 e. The third-order valence-corrected chi connectivity index (χ3v) is 5.51. The van der Waals surface area contributed by atoms with Crippen molar-refractivity contribution >= 4 is 35.8 Å². The fraction of sp³-hybridized carbons (Fsp3) is 0.500. The standard InChI is InChI=1S/C24H35N5O.HI/c1-2-25-24(28-18-22(19-30)21-10-6-5-7-11-21)27-17-20-12-13-26-23(16-20)29-14-8-3-4-9-15-29;/h5-7,10-13,16,22,30H,2-4,8-9,14-15,17-19H2,1H3,(H2,25,27,28);1H. The summed E-state index contributed by atoms with van der Waals surface area (Å²) in [6.07, 6.45) is 7.01. The van der Waals surface area contributed by atoms with Gasteiger partial charge in [-0.2, -0.15) is 0 Å². The highest BCUT2D eigenvalue weighted by molar-refractivity contribution is 14.0. The second kappa shape index (κ2) is 14.2. The molecule has 0 spiro atoms. The van der Waals surface area contributed by atoms with E-state index in [1.165, 1.54) is 25.7 Å². The van der Waals surface area contributed by atoms with Gasteiger partial charge in [0.1, 0.15) is 5.82 Å². The van der Waals surface area contributed by atoms with Crippen LogP contribution in [0.2, 0.25) is 0 Å². The predicted molar refractivity (Wildman–Crippen MR) is 139 cm³/mol. The number of rotatable bonds is 8. The number of aliphatic hydroxyl groups excluding tert-OH is 1. The average Bonchev–Trinajstić information content (AvgIpc) is 3.08. The Hall–Kier alpha value is -1.87. The molecule has 1 unspecified atom stereocenters. The predicted octanol–water partition coefficient (Wildman–Crippen LogP) is 3.91. The summed E-state index contributed by atoms with van der Waals surface area (Å²) in [6, 6.07) is 14.3. The van der Waals surface area contributed by atoms with Crippen LogP contribution in [0, 0.1) is 0 Å². The Morgan fingerprint density at radius 1 is 1.10 bits per heavy atom. The summed E-state index contributed by atoms with van der Waals surface area (Å²) in [6.45, 7) is 6.34. The van der Waals surface area contributed by atoms with E-state index in [0.29, 0.717) is 13.1 Å². The Labute approximate surface area is 203 Å². The Bertz CT molecular complexity index is 779. The molecule has 0 aliphatic carbocycles. The molecule has 1 saturated heterocycles. The third-order valence-electron chi connectivity index (χ3n) is 5.51. The van der Waals surface area contributed by atoms with Crippen molar-refractivity contribution in [1.29, 1.82) is 0 Å². The number of hydrogen-bond acceptors (Lipinski definition) is 4. The van der Waals surface area contributed by atoms with Crippen molar-refractivity contribution in [3.8, 4) is 0 Å². The molecule has 1 aromatic heterocycles. The van der Waals surface area contributed by atoms with E-state index in [2.05, 4.69) is 33.5 Å². The Morgan fingerprint density at radius 2 is 1.84 bits per heavy atom. The van der Waals surface area contributed by atoms with Gasteiger partial charge in [0.2, 0.25) is 0 Å². The average molecular weight is 537 g/mol. The largest absolute Gasteiger partial charge is 0.396 e. The summed E-state index contributed by atoms with van der Waals surface area (Å²) in [5, 5.41) is 16.5. The molecular formula is C24H36IN5O. The van der Waals surface area contributed by atoms with Gasteiger partial charge in [-0.25, -0.2) is 9.98 Å². The SMILES string of the molecule is CCNC(=NCc1ccnc(N2CCCCCC2)c1)NCC(CO)c1ccccc1.I. The molecule has 2 heterocycles. The van der Waals surface area contributed by atoms with Gasteiger partial charge in [0.25, 0.3) is 0 Å². The zero-order valence-corrected chi connectivity index (χ0v) is 20.8. The number of halogens is 1. The molecule has 3 N–H and O–H groups in total. The smallest absolute Gasteiger partial charge is 0.191 e. The lowest BCUT2D eigenvalue weighted by molar-refractivity contribution is 0.265. The van der Waals surface area contributed by atoms with Gasteiger partial charge in [0.15, 0.2) is 5.96 Å². The lowest BCUT2D eigenvalue weighted by Crippen LogP contribution is -2.39. The number of aromatic nitrogens is 1. The molecule has 1 aliphatic heterocycles. The van der Waals surface area contributed by atoms with Crippen LogP contribution in [0.25, 0.3) is 0 Å². The molecule has 3 rings (SSSR count). The molecule has 7 heteroatoms. The number of hydrogen-bond donors (Lipinski definition) is 3. The molecule has 170 valence electrons. The molecule has 0 saturated carbocycles. The molecule has 31 heavy (non-hydrogen) atoms. The highest BCUT2D eigenvalue weighted by atomic mass is 127.